The highest BCUT2D eigenvalue weighted by molar-refractivity contribution is 5.01. The molecule has 0 saturated heterocycles. The van der Waals surface area contributed by atoms with Crippen molar-refractivity contribution in [3.05, 3.63) is 0 Å². The molecule has 0 aromatic carbocycles. The molecule has 4 saturated carbocycles. The average Bonchev–Trinajstić information content (AvgIpc) is 2.29. The molecule has 1 atom stereocenters. The number of rotatable bonds is 4. The van der Waals surface area contributed by atoms with Gasteiger partial charge < -0.3 is 5.73 Å². The van der Waals surface area contributed by atoms with Crippen LogP contribution >= 0.6 is 0 Å². The van der Waals surface area contributed by atoms with Crippen molar-refractivity contribution in [2.24, 2.45) is 41.2 Å². The van der Waals surface area contributed by atoms with Gasteiger partial charge in [-0.1, -0.05) is 26.7 Å². The van der Waals surface area contributed by atoms with E-state index in [0.29, 0.717) is 6.04 Å². The first kappa shape index (κ1) is 12.0. The molecule has 4 aliphatic carbocycles. The fourth-order valence-corrected chi connectivity index (χ4v) is 5.74. The summed E-state index contributed by atoms with van der Waals surface area (Å²) < 4.78 is 0. The lowest BCUT2D eigenvalue weighted by Gasteiger charge is -2.56. The van der Waals surface area contributed by atoms with Gasteiger partial charge in [0.15, 0.2) is 0 Å². The Balaban J connectivity index is 1.75. The maximum absolute atomic E-state index is 6.66. The predicted octanol–water partition coefficient (Wildman–Crippen LogP) is 3.82. The van der Waals surface area contributed by atoms with Gasteiger partial charge in [0.2, 0.25) is 0 Å². The second-order valence-corrected chi connectivity index (χ2v) is 7.16. The summed E-state index contributed by atoms with van der Waals surface area (Å²) in [5.41, 5.74) is 6.66. The standard InChI is InChI=1S/C16H29N/c1-3-12(4-2)16(17)15-13-6-10-5-11(8-13)9-14(15)7-10/h10-16H,3-9,17H2,1-2H3. The van der Waals surface area contributed by atoms with Crippen LogP contribution in [-0.2, 0) is 0 Å². The van der Waals surface area contributed by atoms with E-state index < -0.39 is 0 Å². The molecule has 0 aromatic rings. The van der Waals surface area contributed by atoms with Gasteiger partial charge >= 0.3 is 0 Å². The Hall–Kier alpha value is -0.0400. The van der Waals surface area contributed by atoms with Crippen molar-refractivity contribution in [1.29, 1.82) is 0 Å². The summed E-state index contributed by atoms with van der Waals surface area (Å²) in [5, 5.41) is 0. The second kappa shape index (κ2) is 4.57. The lowest BCUT2D eigenvalue weighted by atomic mass is 9.49. The molecule has 1 heteroatoms. The molecule has 1 nitrogen and oxygen atoms in total. The zero-order chi connectivity index (χ0) is 12.0. The summed E-state index contributed by atoms with van der Waals surface area (Å²) in [6.45, 7) is 4.65. The zero-order valence-corrected chi connectivity index (χ0v) is 11.6. The Labute approximate surface area is 107 Å². The first-order chi connectivity index (χ1) is 8.22. The van der Waals surface area contributed by atoms with E-state index in [2.05, 4.69) is 13.8 Å². The van der Waals surface area contributed by atoms with E-state index in [4.69, 9.17) is 5.73 Å². The Kier molecular flexibility index (Phi) is 3.23. The fraction of sp³-hybridized carbons (Fsp3) is 1.00. The van der Waals surface area contributed by atoms with Gasteiger partial charge in [-0.3, -0.25) is 0 Å². The molecule has 4 rings (SSSR count). The molecule has 0 heterocycles. The third-order valence-corrected chi connectivity index (χ3v) is 6.34. The highest BCUT2D eigenvalue weighted by Crippen LogP contribution is 2.57. The van der Waals surface area contributed by atoms with E-state index in [0.717, 1.165) is 35.5 Å². The van der Waals surface area contributed by atoms with E-state index in [1.807, 2.05) is 0 Å². The minimum absolute atomic E-state index is 0.500. The smallest absolute Gasteiger partial charge is 0.0101 e. The van der Waals surface area contributed by atoms with Crippen LogP contribution in [0.2, 0.25) is 0 Å². The number of nitrogens with two attached hydrogens (primary N) is 1. The molecule has 2 N–H and O–H groups in total. The molecule has 1 unspecified atom stereocenters. The summed E-state index contributed by atoms with van der Waals surface area (Å²) in [4.78, 5) is 0. The average molecular weight is 235 g/mol. The summed E-state index contributed by atoms with van der Waals surface area (Å²) >= 11 is 0. The van der Waals surface area contributed by atoms with Crippen LogP contribution in [0.25, 0.3) is 0 Å². The molecule has 0 radical (unpaired) electrons. The van der Waals surface area contributed by atoms with E-state index in [9.17, 15) is 0 Å². The Morgan fingerprint density at radius 2 is 1.35 bits per heavy atom. The van der Waals surface area contributed by atoms with Gasteiger partial charge in [-0.25, -0.2) is 0 Å². The van der Waals surface area contributed by atoms with Gasteiger partial charge in [0.1, 0.15) is 0 Å². The summed E-state index contributed by atoms with van der Waals surface area (Å²) in [7, 11) is 0. The van der Waals surface area contributed by atoms with Crippen LogP contribution in [0.15, 0.2) is 0 Å². The molecule has 0 spiro atoms. The van der Waals surface area contributed by atoms with Crippen LogP contribution in [0.3, 0.4) is 0 Å². The molecule has 4 fully saturated rings. The van der Waals surface area contributed by atoms with Crippen molar-refractivity contribution < 1.29 is 0 Å². The first-order valence-corrected chi connectivity index (χ1v) is 7.98. The minimum Gasteiger partial charge on any atom is -0.327 e. The van der Waals surface area contributed by atoms with E-state index in [1.165, 1.54) is 38.5 Å². The van der Waals surface area contributed by atoms with Gasteiger partial charge in [0.05, 0.1) is 0 Å². The van der Waals surface area contributed by atoms with Crippen LogP contribution < -0.4 is 5.73 Å². The third-order valence-electron chi connectivity index (χ3n) is 6.34. The Bertz CT molecular complexity index is 241. The van der Waals surface area contributed by atoms with Crippen molar-refractivity contribution in [2.45, 2.75) is 64.8 Å². The van der Waals surface area contributed by atoms with Gasteiger partial charge in [-0.15, -0.1) is 0 Å². The van der Waals surface area contributed by atoms with Crippen LogP contribution in [0.1, 0.15) is 58.8 Å². The van der Waals surface area contributed by atoms with E-state index in [-0.39, 0.29) is 0 Å². The van der Waals surface area contributed by atoms with Gasteiger partial charge in [-0.05, 0) is 67.6 Å². The molecule has 4 bridgehead atoms. The molecular weight excluding hydrogens is 206 g/mol. The zero-order valence-electron chi connectivity index (χ0n) is 11.6. The molecule has 0 amide bonds. The van der Waals surface area contributed by atoms with Gasteiger partial charge in [0, 0.05) is 6.04 Å². The molecule has 17 heavy (non-hydrogen) atoms. The summed E-state index contributed by atoms with van der Waals surface area (Å²) in [5.74, 6) is 5.83. The van der Waals surface area contributed by atoms with Gasteiger partial charge in [0.25, 0.3) is 0 Å². The number of hydrogen-bond acceptors (Lipinski definition) is 1. The quantitative estimate of drug-likeness (QED) is 0.787. The van der Waals surface area contributed by atoms with Crippen LogP contribution in [0, 0.1) is 35.5 Å². The second-order valence-electron chi connectivity index (χ2n) is 7.16. The molecule has 0 aliphatic heterocycles. The van der Waals surface area contributed by atoms with Crippen molar-refractivity contribution in [1.82, 2.24) is 0 Å². The van der Waals surface area contributed by atoms with Crippen LogP contribution in [0.5, 0.6) is 0 Å². The highest BCUT2D eigenvalue weighted by Gasteiger charge is 2.50. The van der Waals surface area contributed by atoms with E-state index in [1.54, 1.807) is 6.42 Å². The molecule has 4 aliphatic rings. The summed E-state index contributed by atoms with van der Waals surface area (Å²) in [6.07, 6.45) is 10.2. The predicted molar refractivity (Wildman–Crippen MR) is 72.6 cm³/mol. The summed E-state index contributed by atoms with van der Waals surface area (Å²) in [6, 6.07) is 0.500. The van der Waals surface area contributed by atoms with Crippen molar-refractivity contribution >= 4 is 0 Å². The first-order valence-electron chi connectivity index (χ1n) is 7.98. The highest BCUT2D eigenvalue weighted by atomic mass is 14.7. The monoisotopic (exact) mass is 235 g/mol. The Morgan fingerprint density at radius 3 is 1.76 bits per heavy atom. The topological polar surface area (TPSA) is 26.0 Å². The lowest BCUT2D eigenvalue weighted by Crippen LogP contribution is -2.53. The van der Waals surface area contributed by atoms with Crippen LogP contribution in [-0.4, -0.2) is 6.04 Å². The third kappa shape index (κ3) is 1.95. The molecule has 0 aromatic heterocycles. The minimum atomic E-state index is 0.500. The van der Waals surface area contributed by atoms with Crippen molar-refractivity contribution in [2.75, 3.05) is 0 Å². The van der Waals surface area contributed by atoms with Crippen molar-refractivity contribution in [3.8, 4) is 0 Å². The Morgan fingerprint density at radius 1 is 0.882 bits per heavy atom. The molecule has 98 valence electrons. The van der Waals surface area contributed by atoms with Crippen molar-refractivity contribution in [3.63, 3.8) is 0 Å². The maximum atomic E-state index is 6.66. The lowest BCUT2D eigenvalue weighted by molar-refractivity contribution is -0.0547. The van der Waals surface area contributed by atoms with E-state index >= 15 is 0 Å². The molecular formula is C16H29N. The number of hydrogen-bond donors (Lipinski definition) is 1. The normalized spacial score (nSPS) is 45.5. The largest absolute Gasteiger partial charge is 0.327 e. The fourth-order valence-electron chi connectivity index (χ4n) is 5.74. The maximum Gasteiger partial charge on any atom is 0.0101 e. The SMILES string of the molecule is CCC(CC)C(N)C1C2CC3CC(C2)CC1C3. The van der Waals surface area contributed by atoms with Crippen LogP contribution in [0.4, 0.5) is 0 Å². The van der Waals surface area contributed by atoms with Gasteiger partial charge in [-0.2, -0.15) is 0 Å².